The van der Waals surface area contributed by atoms with Crippen molar-refractivity contribution in [2.24, 2.45) is 0 Å². The summed E-state index contributed by atoms with van der Waals surface area (Å²) in [6.45, 7) is 7.05. The fourth-order valence-electron chi connectivity index (χ4n) is 5.13. The van der Waals surface area contributed by atoms with E-state index in [9.17, 15) is 18.0 Å². The number of carbonyl (C=O) groups is 2. The Morgan fingerprint density at radius 3 is 2.13 bits per heavy atom. The summed E-state index contributed by atoms with van der Waals surface area (Å²) < 4.78 is 35.4. The monoisotopic (exact) mass is 675 g/mol. The van der Waals surface area contributed by atoms with E-state index >= 15 is 0 Å². The molecular formula is C37H42ClN3O5S. The zero-order valence-electron chi connectivity index (χ0n) is 27.4. The zero-order valence-corrected chi connectivity index (χ0v) is 29.0. The van der Waals surface area contributed by atoms with Crippen molar-refractivity contribution in [2.45, 2.75) is 64.1 Å². The minimum absolute atomic E-state index is 0.0269. The predicted octanol–water partition coefficient (Wildman–Crippen LogP) is 6.72. The molecule has 0 bridgehead atoms. The second-order valence-electron chi connectivity index (χ2n) is 11.7. The molecule has 4 rings (SSSR count). The fraction of sp³-hybridized carbons (Fsp3) is 0.297. The van der Waals surface area contributed by atoms with Crippen molar-refractivity contribution in [3.8, 4) is 5.75 Å². The molecule has 0 fully saturated rings. The topological polar surface area (TPSA) is 96.0 Å². The minimum atomic E-state index is -4.27. The van der Waals surface area contributed by atoms with Gasteiger partial charge in [-0.25, -0.2) is 8.42 Å². The summed E-state index contributed by atoms with van der Waals surface area (Å²) in [5, 5.41) is 3.58. The molecule has 2 amide bonds. The van der Waals surface area contributed by atoms with Crippen LogP contribution >= 0.6 is 11.6 Å². The van der Waals surface area contributed by atoms with Crippen LogP contribution in [0.1, 0.15) is 42.5 Å². The molecule has 0 aromatic heterocycles. The van der Waals surface area contributed by atoms with Gasteiger partial charge in [-0.15, -0.1) is 0 Å². The number of anilines is 1. The van der Waals surface area contributed by atoms with Gasteiger partial charge in [0.05, 0.1) is 17.7 Å². The van der Waals surface area contributed by atoms with Crippen molar-refractivity contribution < 1.29 is 22.7 Å². The highest BCUT2D eigenvalue weighted by molar-refractivity contribution is 7.92. The van der Waals surface area contributed by atoms with Gasteiger partial charge in [0.25, 0.3) is 10.0 Å². The molecule has 4 aromatic rings. The van der Waals surface area contributed by atoms with E-state index in [0.717, 1.165) is 26.6 Å². The molecule has 248 valence electrons. The molecule has 0 radical (unpaired) electrons. The van der Waals surface area contributed by atoms with E-state index in [1.807, 2.05) is 64.1 Å². The van der Waals surface area contributed by atoms with E-state index in [4.69, 9.17) is 16.3 Å². The highest BCUT2D eigenvalue weighted by atomic mass is 35.5. The van der Waals surface area contributed by atoms with Gasteiger partial charge in [0.1, 0.15) is 18.3 Å². The van der Waals surface area contributed by atoms with Gasteiger partial charge in [-0.3, -0.25) is 13.9 Å². The molecule has 4 aromatic carbocycles. The Morgan fingerprint density at radius 1 is 0.872 bits per heavy atom. The van der Waals surface area contributed by atoms with Crippen LogP contribution in [-0.2, 0) is 32.6 Å². The van der Waals surface area contributed by atoms with Crippen LogP contribution in [0.3, 0.4) is 0 Å². The maximum Gasteiger partial charge on any atom is 0.264 e. The smallest absolute Gasteiger partial charge is 0.264 e. The zero-order chi connectivity index (χ0) is 34.1. The molecule has 0 spiro atoms. The van der Waals surface area contributed by atoms with E-state index in [2.05, 4.69) is 5.32 Å². The Bertz CT molecular complexity index is 1760. The summed E-state index contributed by atoms with van der Waals surface area (Å²) in [6, 6.07) is 27.0. The van der Waals surface area contributed by atoms with Crippen LogP contribution in [0.15, 0.2) is 102 Å². The van der Waals surface area contributed by atoms with Crippen LogP contribution in [0.2, 0.25) is 5.02 Å². The molecule has 47 heavy (non-hydrogen) atoms. The highest BCUT2D eigenvalue weighted by Crippen LogP contribution is 2.34. The molecule has 0 aliphatic heterocycles. The van der Waals surface area contributed by atoms with Gasteiger partial charge in [-0.05, 0) is 80.3 Å². The molecule has 2 atom stereocenters. The lowest BCUT2D eigenvalue weighted by atomic mass is 10.0. The quantitative estimate of drug-likeness (QED) is 0.160. The lowest BCUT2D eigenvalue weighted by molar-refractivity contribution is -0.140. The number of halogens is 1. The van der Waals surface area contributed by atoms with E-state index in [1.54, 1.807) is 48.5 Å². The standard InChI is InChI=1S/C37H42ClN3O5S/c1-6-28(4)39-37(43)34(23-29-10-8-7-9-11-29)40(24-30-15-17-31(38)18-16-30)36(42)25-41(33-22-27(3)14-21-35(33)46-5)47(44,45)32-19-12-26(2)13-20-32/h7-22,28,34H,6,23-25H2,1-5H3,(H,39,43)/t28-,34+/m0/s1. The molecule has 0 aliphatic rings. The summed E-state index contributed by atoms with van der Waals surface area (Å²) in [7, 11) is -2.81. The van der Waals surface area contributed by atoms with Gasteiger partial charge < -0.3 is 15.0 Å². The number of hydrogen-bond donors (Lipinski definition) is 1. The van der Waals surface area contributed by atoms with Crippen molar-refractivity contribution in [3.63, 3.8) is 0 Å². The molecule has 0 saturated heterocycles. The molecular weight excluding hydrogens is 634 g/mol. The van der Waals surface area contributed by atoms with Crippen molar-refractivity contribution in [2.75, 3.05) is 18.0 Å². The Hall–Kier alpha value is -4.34. The van der Waals surface area contributed by atoms with Gasteiger partial charge in [0, 0.05) is 24.0 Å². The van der Waals surface area contributed by atoms with Crippen LogP contribution in [0, 0.1) is 13.8 Å². The van der Waals surface area contributed by atoms with Crippen LogP contribution in [0.25, 0.3) is 0 Å². The maximum absolute atomic E-state index is 14.7. The van der Waals surface area contributed by atoms with Gasteiger partial charge in [-0.2, -0.15) is 0 Å². The van der Waals surface area contributed by atoms with Crippen LogP contribution < -0.4 is 14.4 Å². The largest absolute Gasteiger partial charge is 0.495 e. The van der Waals surface area contributed by atoms with Crippen molar-refractivity contribution in [3.05, 3.63) is 124 Å². The average molecular weight is 676 g/mol. The SMILES string of the molecule is CC[C@H](C)NC(=O)[C@@H](Cc1ccccc1)N(Cc1ccc(Cl)cc1)C(=O)CN(c1cc(C)ccc1OC)S(=O)(=O)c1ccc(C)cc1. The average Bonchev–Trinajstić information content (AvgIpc) is 3.06. The summed E-state index contributed by atoms with van der Waals surface area (Å²) in [4.78, 5) is 30.2. The third-order valence-electron chi connectivity index (χ3n) is 8.03. The summed E-state index contributed by atoms with van der Waals surface area (Å²) in [5.41, 5.74) is 3.49. The number of sulfonamides is 1. The highest BCUT2D eigenvalue weighted by Gasteiger charge is 2.36. The number of rotatable bonds is 14. The normalized spacial score (nSPS) is 12.6. The van der Waals surface area contributed by atoms with Gasteiger partial charge >= 0.3 is 0 Å². The molecule has 0 saturated carbocycles. The Labute approximate surface area is 283 Å². The molecule has 1 N–H and O–H groups in total. The van der Waals surface area contributed by atoms with Gasteiger partial charge in [0.15, 0.2) is 0 Å². The molecule has 0 unspecified atom stereocenters. The Balaban J connectivity index is 1.85. The fourth-order valence-corrected chi connectivity index (χ4v) is 6.67. The Kier molecular flexibility index (Phi) is 12.1. The summed E-state index contributed by atoms with van der Waals surface area (Å²) in [5.74, 6) is -0.593. The second-order valence-corrected chi connectivity index (χ2v) is 14.0. The number of nitrogens with one attached hydrogen (secondary N) is 1. The summed E-state index contributed by atoms with van der Waals surface area (Å²) in [6.07, 6.45) is 0.922. The first-order valence-corrected chi connectivity index (χ1v) is 17.4. The molecule has 0 aliphatic carbocycles. The van der Waals surface area contributed by atoms with Crippen LogP contribution in [0.5, 0.6) is 5.75 Å². The third-order valence-corrected chi connectivity index (χ3v) is 10.1. The minimum Gasteiger partial charge on any atom is -0.495 e. The number of carbonyl (C=O) groups excluding carboxylic acids is 2. The maximum atomic E-state index is 14.7. The first-order chi connectivity index (χ1) is 22.4. The van der Waals surface area contributed by atoms with Gasteiger partial charge in [-0.1, -0.05) is 84.8 Å². The van der Waals surface area contributed by atoms with Crippen molar-refractivity contribution in [1.82, 2.24) is 10.2 Å². The first-order valence-electron chi connectivity index (χ1n) is 15.5. The van der Waals surface area contributed by atoms with E-state index in [0.29, 0.717) is 17.2 Å². The van der Waals surface area contributed by atoms with Crippen LogP contribution in [-0.4, -0.2) is 50.9 Å². The second kappa shape index (κ2) is 16.0. The van der Waals surface area contributed by atoms with Crippen LogP contribution in [0.4, 0.5) is 5.69 Å². The number of hydrogen-bond acceptors (Lipinski definition) is 5. The van der Waals surface area contributed by atoms with Crippen molar-refractivity contribution >= 4 is 39.1 Å². The van der Waals surface area contributed by atoms with Gasteiger partial charge in [0.2, 0.25) is 11.8 Å². The van der Waals surface area contributed by atoms with E-state index in [-0.39, 0.29) is 35.5 Å². The van der Waals surface area contributed by atoms with E-state index < -0.39 is 28.5 Å². The lowest BCUT2D eigenvalue weighted by Crippen LogP contribution is -2.54. The lowest BCUT2D eigenvalue weighted by Gasteiger charge is -2.34. The molecule has 10 heteroatoms. The Morgan fingerprint density at radius 2 is 1.51 bits per heavy atom. The summed E-state index contributed by atoms with van der Waals surface area (Å²) >= 11 is 6.17. The first kappa shape index (κ1) is 35.5. The number of aryl methyl sites for hydroxylation is 2. The number of ether oxygens (including phenoxy) is 1. The molecule has 8 nitrogen and oxygen atoms in total. The number of amides is 2. The van der Waals surface area contributed by atoms with Crippen molar-refractivity contribution in [1.29, 1.82) is 0 Å². The number of methoxy groups -OCH3 is 1. The van der Waals surface area contributed by atoms with E-state index in [1.165, 1.54) is 24.1 Å². The number of benzene rings is 4. The molecule has 0 heterocycles. The number of nitrogens with zero attached hydrogens (tertiary/aromatic N) is 2. The predicted molar refractivity (Wildman–Crippen MR) is 187 cm³/mol. The third kappa shape index (κ3) is 9.14.